The van der Waals surface area contributed by atoms with E-state index in [4.69, 9.17) is 4.55 Å². The number of ketones is 1. The van der Waals surface area contributed by atoms with Crippen molar-refractivity contribution in [3.8, 4) is 0 Å². The molecule has 2 aliphatic carbocycles. The number of rotatable bonds is 5. The van der Waals surface area contributed by atoms with Gasteiger partial charge in [-0.2, -0.15) is 8.42 Å². The average molecular weight is 368 g/mol. The number of hydrogen-bond donors (Lipinski definition) is 1. The summed E-state index contributed by atoms with van der Waals surface area (Å²) in [5.41, 5.74) is 2.60. The summed E-state index contributed by atoms with van der Waals surface area (Å²) in [6, 6.07) is 0.155. The van der Waals surface area contributed by atoms with Gasteiger partial charge in [0.05, 0.1) is 5.75 Å². The van der Waals surface area contributed by atoms with E-state index in [0.29, 0.717) is 31.5 Å². The molecule has 1 N–H and O–H groups in total. The summed E-state index contributed by atoms with van der Waals surface area (Å²) >= 11 is 0. The molecule has 1 fully saturated rings. The fourth-order valence-corrected chi connectivity index (χ4v) is 5.68. The van der Waals surface area contributed by atoms with E-state index in [2.05, 4.69) is 37.8 Å². The molecule has 0 radical (unpaired) electrons. The van der Waals surface area contributed by atoms with E-state index in [-0.39, 0.29) is 22.6 Å². The van der Waals surface area contributed by atoms with Crippen molar-refractivity contribution < 1.29 is 17.8 Å². The Labute approximate surface area is 150 Å². The van der Waals surface area contributed by atoms with Crippen LogP contribution in [0, 0.1) is 10.8 Å². The van der Waals surface area contributed by atoms with Crippen LogP contribution in [0.5, 0.6) is 0 Å². The van der Waals surface area contributed by atoms with Crippen LogP contribution in [0.4, 0.5) is 0 Å². The largest absolute Gasteiger partial charge is 0.367 e. The number of nitrogens with zero attached hydrogens (tertiary/aromatic N) is 1. The summed E-state index contributed by atoms with van der Waals surface area (Å²) in [5, 5.41) is 0. The second kappa shape index (κ2) is 6.23. The molecule has 0 saturated heterocycles. The first-order valence-electron chi connectivity index (χ1n) is 9.20. The first-order chi connectivity index (χ1) is 11.6. The van der Waals surface area contributed by atoms with Gasteiger partial charge in [0.1, 0.15) is 5.78 Å². The van der Waals surface area contributed by atoms with Gasteiger partial charge in [-0.25, -0.2) is 0 Å². The lowest BCUT2D eigenvalue weighted by molar-refractivity contribution is -0.130. The van der Waals surface area contributed by atoms with Crippen molar-refractivity contribution in [1.29, 1.82) is 0 Å². The second-order valence-corrected chi connectivity index (χ2v) is 10.1. The van der Waals surface area contributed by atoms with Crippen LogP contribution in [0.15, 0.2) is 23.4 Å². The monoisotopic (exact) mass is 367 g/mol. The van der Waals surface area contributed by atoms with Crippen LogP contribution in [-0.4, -0.2) is 42.0 Å². The standard InChI is InChI=1S/C19H29NO4S/c1-18(2)13-14(21)12-17-19(18,3)15-8-4-5-9-16(15)20(17)10-6-7-11-25(22,23)24/h5,9,17H,4,6-8,10-13H2,1-3H3,(H,22,23,24). The number of allylic oxidation sites excluding steroid dienone is 2. The van der Waals surface area contributed by atoms with Crippen LogP contribution in [0.25, 0.3) is 0 Å². The van der Waals surface area contributed by atoms with Crippen LogP contribution in [0.3, 0.4) is 0 Å². The average Bonchev–Trinajstić information content (AvgIpc) is 2.73. The number of Topliss-reactive ketones (excluding diaryl/α,β-unsaturated/α-hetero) is 1. The molecular weight excluding hydrogens is 338 g/mol. The van der Waals surface area contributed by atoms with Crippen molar-refractivity contribution in [2.75, 3.05) is 12.3 Å². The third-order valence-electron chi connectivity index (χ3n) is 6.64. The molecule has 2 atom stereocenters. The summed E-state index contributed by atoms with van der Waals surface area (Å²) < 4.78 is 30.8. The zero-order valence-electron chi connectivity index (χ0n) is 15.4. The number of hydrogen-bond acceptors (Lipinski definition) is 4. The third-order valence-corrected chi connectivity index (χ3v) is 7.45. The maximum absolute atomic E-state index is 12.4. The number of unbranched alkanes of at least 4 members (excludes halogenated alkanes) is 1. The van der Waals surface area contributed by atoms with Crippen LogP contribution in [0.1, 0.15) is 59.3 Å². The van der Waals surface area contributed by atoms with E-state index in [1.807, 2.05) is 0 Å². The van der Waals surface area contributed by atoms with Gasteiger partial charge in [-0.1, -0.05) is 26.8 Å². The quantitative estimate of drug-likeness (QED) is 0.596. The van der Waals surface area contributed by atoms with Gasteiger partial charge in [0.15, 0.2) is 0 Å². The highest BCUT2D eigenvalue weighted by Gasteiger charge is 2.59. The predicted octanol–water partition coefficient (Wildman–Crippen LogP) is 3.34. The van der Waals surface area contributed by atoms with E-state index in [1.54, 1.807) is 0 Å². The normalized spacial score (nSPS) is 31.3. The second-order valence-electron chi connectivity index (χ2n) is 8.51. The number of carbonyl (C=O) groups is 1. The van der Waals surface area contributed by atoms with Gasteiger partial charge in [-0.05, 0) is 42.7 Å². The fraction of sp³-hybridized carbons (Fsp3) is 0.737. The molecule has 5 nitrogen and oxygen atoms in total. The molecule has 25 heavy (non-hydrogen) atoms. The Bertz CT molecular complexity index is 735. The Kier molecular flexibility index (Phi) is 4.65. The highest BCUT2D eigenvalue weighted by Crippen LogP contribution is 2.61. The Morgan fingerprint density at radius 2 is 2.00 bits per heavy atom. The topological polar surface area (TPSA) is 74.7 Å². The third kappa shape index (κ3) is 3.19. The Hall–Kier alpha value is -1.14. The van der Waals surface area contributed by atoms with Crippen LogP contribution in [-0.2, 0) is 14.9 Å². The van der Waals surface area contributed by atoms with Gasteiger partial charge in [0.2, 0.25) is 0 Å². The zero-order valence-corrected chi connectivity index (χ0v) is 16.2. The van der Waals surface area contributed by atoms with Gasteiger partial charge in [0.25, 0.3) is 10.1 Å². The minimum Gasteiger partial charge on any atom is -0.367 e. The molecule has 1 saturated carbocycles. The summed E-state index contributed by atoms with van der Waals surface area (Å²) in [6.45, 7) is 7.46. The van der Waals surface area contributed by atoms with E-state index in [1.165, 1.54) is 11.3 Å². The van der Waals surface area contributed by atoms with E-state index in [9.17, 15) is 13.2 Å². The molecule has 0 spiro atoms. The van der Waals surface area contributed by atoms with Crippen LogP contribution < -0.4 is 0 Å². The number of carbonyl (C=O) groups excluding carboxylic acids is 1. The zero-order chi connectivity index (χ0) is 18.5. The molecule has 0 amide bonds. The highest BCUT2D eigenvalue weighted by atomic mass is 32.2. The van der Waals surface area contributed by atoms with Crippen molar-refractivity contribution in [2.24, 2.45) is 10.8 Å². The van der Waals surface area contributed by atoms with Gasteiger partial charge in [-0.3, -0.25) is 9.35 Å². The molecule has 3 aliphatic rings. The Balaban J connectivity index is 1.86. The summed E-state index contributed by atoms with van der Waals surface area (Å²) in [7, 11) is -3.90. The minimum absolute atomic E-state index is 0.0238. The molecule has 0 bridgehead atoms. The van der Waals surface area contributed by atoms with Crippen molar-refractivity contribution in [2.45, 2.75) is 65.3 Å². The molecule has 140 valence electrons. The minimum atomic E-state index is -3.90. The van der Waals surface area contributed by atoms with E-state index in [0.717, 1.165) is 19.4 Å². The lowest BCUT2D eigenvalue weighted by Crippen LogP contribution is -2.54. The molecule has 0 aromatic carbocycles. The van der Waals surface area contributed by atoms with Gasteiger partial charge in [-0.15, -0.1) is 0 Å². The number of fused-ring (bicyclic) bond motifs is 2. The van der Waals surface area contributed by atoms with Crippen molar-refractivity contribution in [3.05, 3.63) is 23.4 Å². The SMILES string of the molecule is CC1(C)CC(=O)CC2N(CCCCS(=O)(=O)O)C3=C(CCC=C3)C21C. The molecule has 0 aromatic heterocycles. The van der Waals surface area contributed by atoms with Crippen molar-refractivity contribution >= 4 is 15.9 Å². The lowest BCUT2D eigenvalue weighted by atomic mass is 9.53. The first kappa shape index (κ1) is 18.6. The van der Waals surface area contributed by atoms with Gasteiger partial charge < -0.3 is 4.90 Å². The summed E-state index contributed by atoms with van der Waals surface area (Å²) in [6.07, 6.45) is 8.77. The summed E-state index contributed by atoms with van der Waals surface area (Å²) in [5.74, 6) is 0.119. The fourth-order valence-electron chi connectivity index (χ4n) is 5.11. The van der Waals surface area contributed by atoms with Gasteiger partial charge >= 0.3 is 0 Å². The summed E-state index contributed by atoms with van der Waals surface area (Å²) in [4.78, 5) is 14.7. The van der Waals surface area contributed by atoms with Crippen LogP contribution >= 0.6 is 0 Å². The van der Waals surface area contributed by atoms with Crippen molar-refractivity contribution in [3.63, 3.8) is 0 Å². The van der Waals surface area contributed by atoms with E-state index < -0.39 is 10.1 Å². The smallest absolute Gasteiger partial charge is 0.264 e. The highest BCUT2D eigenvalue weighted by molar-refractivity contribution is 7.85. The predicted molar refractivity (Wildman–Crippen MR) is 97.7 cm³/mol. The van der Waals surface area contributed by atoms with Crippen LogP contribution in [0.2, 0.25) is 0 Å². The molecule has 6 heteroatoms. The molecule has 3 rings (SSSR count). The molecule has 2 unspecified atom stereocenters. The maximum Gasteiger partial charge on any atom is 0.264 e. The van der Waals surface area contributed by atoms with E-state index >= 15 is 0 Å². The molecule has 1 aliphatic heterocycles. The van der Waals surface area contributed by atoms with Crippen molar-refractivity contribution in [1.82, 2.24) is 4.90 Å². The van der Waals surface area contributed by atoms with Gasteiger partial charge in [0, 0.05) is 36.5 Å². The Morgan fingerprint density at radius 3 is 2.68 bits per heavy atom. The first-order valence-corrected chi connectivity index (χ1v) is 10.8. The maximum atomic E-state index is 12.4. The molecule has 0 aromatic rings. The molecular formula is C19H29NO4S. The lowest BCUT2D eigenvalue weighted by Gasteiger charge is -2.52. The molecule has 1 heterocycles. The Morgan fingerprint density at radius 1 is 1.28 bits per heavy atom.